The lowest BCUT2D eigenvalue weighted by atomic mass is 10.1. The van der Waals surface area contributed by atoms with Gasteiger partial charge in [-0.2, -0.15) is 5.10 Å². The molecule has 6 nitrogen and oxygen atoms in total. The topological polar surface area (TPSA) is 63.5 Å². The van der Waals surface area contributed by atoms with Crippen molar-refractivity contribution < 1.29 is 4.74 Å². The Hall–Kier alpha value is -2.50. The summed E-state index contributed by atoms with van der Waals surface area (Å²) in [6, 6.07) is 8.41. The van der Waals surface area contributed by atoms with Crippen molar-refractivity contribution in [3.05, 3.63) is 46.8 Å². The normalized spacial score (nSPS) is 12.7. The molecule has 1 atom stereocenters. The Morgan fingerprint density at radius 2 is 2.11 bits per heavy atom. The van der Waals surface area contributed by atoms with Gasteiger partial charge in [0.05, 0.1) is 12.8 Å². The highest BCUT2D eigenvalue weighted by Crippen LogP contribution is 2.14. The first-order valence-electron chi connectivity index (χ1n) is 9.61. The molecule has 2 N–H and O–H groups in total. The summed E-state index contributed by atoms with van der Waals surface area (Å²) in [6.07, 6.45) is 1.80. The van der Waals surface area contributed by atoms with Crippen molar-refractivity contribution in [1.82, 2.24) is 20.4 Å². The minimum atomic E-state index is 0.265. The van der Waals surface area contributed by atoms with Gasteiger partial charge in [-0.25, -0.2) is 0 Å². The molecule has 27 heavy (non-hydrogen) atoms. The van der Waals surface area contributed by atoms with Crippen LogP contribution in [0.3, 0.4) is 0 Å². The van der Waals surface area contributed by atoms with Crippen molar-refractivity contribution in [3.8, 4) is 5.75 Å². The maximum absolute atomic E-state index is 5.28. The Kier molecular flexibility index (Phi) is 7.70. The Morgan fingerprint density at radius 1 is 1.33 bits per heavy atom. The number of guanidine groups is 1. The maximum atomic E-state index is 5.28. The molecule has 1 heterocycles. The second-order valence-electron chi connectivity index (χ2n) is 6.88. The third-order valence-corrected chi connectivity index (χ3v) is 4.70. The molecule has 0 aliphatic heterocycles. The van der Waals surface area contributed by atoms with Gasteiger partial charge in [-0.3, -0.25) is 9.67 Å². The van der Waals surface area contributed by atoms with E-state index >= 15 is 0 Å². The fraction of sp³-hybridized carbons (Fsp3) is 0.524. The van der Waals surface area contributed by atoms with Crippen LogP contribution in [0.15, 0.2) is 29.3 Å². The zero-order valence-corrected chi connectivity index (χ0v) is 17.5. The smallest absolute Gasteiger partial charge is 0.191 e. The van der Waals surface area contributed by atoms with Crippen molar-refractivity contribution in [2.45, 2.75) is 46.6 Å². The second-order valence-corrected chi connectivity index (χ2v) is 6.88. The van der Waals surface area contributed by atoms with Crippen LogP contribution in [0.5, 0.6) is 5.75 Å². The van der Waals surface area contributed by atoms with Gasteiger partial charge in [-0.15, -0.1) is 0 Å². The van der Waals surface area contributed by atoms with E-state index in [2.05, 4.69) is 55.6 Å². The predicted octanol–water partition coefficient (Wildman–Crippen LogP) is 2.77. The van der Waals surface area contributed by atoms with Crippen LogP contribution in [-0.2, 0) is 19.9 Å². The number of aliphatic imine (C=N–C) groups is 1. The summed E-state index contributed by atoms with van der Waals surface area (Å²) in [6.45, 7) is 10.0. The highest BCUT2D eigenvalue weighted by Gasteiger charge is 2.14. The molecule has 1 unspecified atom stereocenters. The summed E-state index contributed by atoms with van der Waals surface area (Å²) in [5, 5.41) is 11.4. The number of methoxy groups -OCH3 is 1. The first-order valence-corrected chi connectivity index (χ1v) is 9.61. The Morgan fingerprint density at radius 3 is 2.74 bits per heavy atom. The van der Waals surface area contributed by atoms with Crippen LogP contribution >= 0.6 is 0 Å². The molecule has 0 saturated carbocycles. The summed E-state index contributed by atoms with van der Waals surface area (Å²) in [5.41, 5.74) is 4.86. The molecule has 2 aromatic rings. The van der Waals surface area contributed by atoms with Gasteiger partial charge >= 0.3 is 0 Å². The zero-order chi connectivity index (χ0) is 19.8. The third kappa shape index (κ3) is 6.01. The van der Waals surface area contributed by atoms with Gasteiger partial charge in [0.15, 0.2) is 5.96 Å². The zero-order valence-electron chi connectivity index (χ0n) is 17.5. The van der Waals surface area contributed by atoms with Crippen molar-refractivity contribution in [2.75, 3.05) is 20.2 Å². The molecular weight excluding hydrogens is 338 g/mol. The van der Waals surface area contributed by atoms with E-state index in [9.17, 15) is 0 Å². The standard InChI is InChI=1S/C21H33N5O/c1-7-22-21(23-12-11-18-9-8-10-19(14-18)27-6)24-15(2)13-20-16(3)25-26(5)17(20)4/h8-10,14-15H,7,11-13H2,1-6H3,(H2,22,23,24). The molecule has 6 heteroatoms. The molecule has 0 spiro atoms. The van der Waals surface area contributed by atoms with Crippen LogP contribution in [-0.4, -0.2) is 42.0 Å². The molecule has 1 aromatic carbocycles. The van der Waals surface area contributed by atoms with Crippen molar-refractivity contribution in [2.24, 2.45) is 12.0 Å². The Balaban J connectivity index is 1.95. The van der Waals surface area contributed by atoms with Crippen LogP contribution in [0.1, 0.15) is 36.4 Å². The Bertz CT molecular complexity index is 766. The number of nitrogens with one attached hydrogen (secondary N) is 2. The quantitative estimate of drug-likeness (QED) is 0.553. The fourth-order valence-corrected chi connectivity index (χ4v) is 3.15. The number of hydrogen-bond donors (Lipinski definition) is 2. The largest absolute Gasteiger partial charge is 0.497 e. The highest BCUT2D eigenvalue weighted by molar-refractivity contribution is 5.80. The number of hydrogen-bond acceptors (Lipinski definition) is 3. The number of aromatic nitrogens is 2. The van der Waals surface area contributed by atoms with E-state index in [0.717, 1.165) is 43.3 Å². The molecule has 1 aromatic heterocycles. The molecular formula is C21H33N5O. The van der Waals surface area contributed by atoms with Gasteiger partial charge in [-0.05, 0) is 63.8 Å². The molecule has 148 valence electrons. The molecule has 0 bridgehead atoms. The minimum absolute atomic E-state index is 0.265. The molecule has 0 radical (unpaired) electrons. The average molecular weight is 372 g/mol. The van der Waals surface area contributed by atoms with E-state index in [-0.39, 0.29) is 6.04 Å². The molecule has 0 aliphatic rings. The van der Waals surface area contributed by atoms with Crippen molar-refractivity contribution in [1.29, 1.82) is 0 Å². The maximum Gasteiger partial charge on any atom is 0.191 e. The number of aryl methyl sites for hydroxylation is 2. The first-order chi connectivity index (χ1) is 12.9. The van der Waals surface area contributed by atoms with Gasteiger partial charge in [0.2, 0.25) is 0 Å². The fourth-order valence-electron chi connectivity index (χ4n) is 3.15. The number of nitrogens with zero attached hydrogens (tertiary/aromatic N) is 3. The average Bonchev–Trinajstić information content (AvgIpc) is 2.88. The predicted molar refractivity (Wildman–Crippen MR) is 112 cm³/mol. The third-order valence-electron chi connectivity index (χ3n) is 4.70. The summed E-state index contributed by atoms with van der Waals surface area (Å²) in [7, 11) is 3.69. The molecule has 0 saturated heterocycles. The van der Waals surface area contributed by atoms with E-state index < -0.39 is 0 Å². The highest BCUT2D eigenvalue weighted by atomic mass is 16.5. The van der Waals surface area contributed by atoms with Crippen molar-refractivity contribution in [3.63, 3.8) is 0 Å². The SMILES string of the molecule is CCNC(=NCCc1cccc(OC)c1)NC(C)Cc1c(C)nn(C)c1C. The first kappa shape index (κ1) is 20.8. The van der Waals surface area contributed by atoms with Gasteiger partial charge in [0.1, 0.15) is 5.75 Å². The monoisotopic (exact) mass is 371 g/mol. The summed E-state index contributed by atoms with van der Waals surface area (Å²) in [4.78, 5) is 4.73. The molecule has 0 fully saturated rings. The van der Waals surface area contributed by atoms with E-state index in [0.29, 0.717) is 0 Å². The summed E-state index contributed by atoms with van der Waals surface area (Å²) < 4.78 is 7.23. The number of rotatable bonds is 8. The van der Waals surface area contributed by atoms with Crippen LogP contribution in [0.2, 0.25) is 0 Å². The van der Waals surface area contributed by atoms with E-state index in [1.165, 1.54) is 16.8 Å². The minimum Gasteiger partial charge on any atom is -0.497 e. The van der Waals surface area contributed by atoms with Crippen LogP contribution in [0.4, 0.5) is 0 Å². The lowest BCUT2D eigenvalue weighted by molar-refractivity contribution is 0.414. The molecule has 0 amide bonds. The van der Waals surface area contributed by atoms with Gasteiger partial charge in [-0.1, -0.05) is 12.1 Å². The van der Waals surface area contributed by atoms with Gasteiger partial charge < -0.3 is 15.4 Å². The van der Waals surface area contributed by atoms with Crippen LogP contribution in [0, 0.1) is 13.8 Å². The number of ether oxygens (including phenoxy) is 1. The number of benzene rings is 1. The molecule has 2 rings (SSSR count). The van der Waals surface area contributed by atoms with Gasteiger partial charge in [0, 0.05) is 31.9 Å². The lowest BCUT2D eigenvalue weighted by Crippen LogP contribution is -2.43. The van der Waals surface area contributed by atoms with E-state index in [1.54, 1.807) is 7.11 Å². The van der Waals surface area contributed by atoms with E-state index in [4.69, 9.17) is 9.73 Å². The summed E-state index contributed by atoms with van der Waals surface area (Å²) in [5.74, 6) is 1.74. The second kappa shape index (κ2) is 10.00. The summed E-state index contributed by atoms with van der Waals surface area (Å²) >= 11 is 0. The Labute approximate surface area is 163 Å². The lowest BCUT2D eigenvalue weighted by Gasteiger charge is -2.18. The van der Waals surface area contributed by atoms with E-state index in [1.807, 2.05) is 23.9 Å². The van der Waals surface area contributed by atoms with Crippen LogP contribution in [0.25, 0.3) is 0 Å². The van der Waals surface area contributed by atoms with Crippen LogP contribution < -0.4 is 15.4 Å². The molecule has 0 aliphatic carbocycles. The van der Waals surface area contributed by atoms with Crippen molar-refractivity contribution >= 4 is 5.96 Å². The van der Waals surface area contributed by atoms with Gasteiger partial charge in [0.25, 0.3) is 0 Å².